The summed E-state index contributed by atoms with van der Waals surface area (Å²) in [6, 6.07) is 12.4. The van der Waals surface area contributed by atoms with Gasteiger partial charge in [-0.1, -0.05) is 12.1 Å². The predicted octanol–water partition coefficient (Wildman–Crippen LogP) is 3.46. The van der Waals surface area contributed by atoms with E-state index in [-0.39, 0.29) is 12.1 Å². The summed E-state index contributed by atoms with van der Waals surface area (Å²) in [4.78, 5) is 2.16. The lowest BCUT2D eigenvalue weighted by Crippen LogP contribution is -2.30. The lowest BCUT2D eigenvalue weighted by molar-refractivity contribution is 0.242. The molecule has 2 rings (SSSR count). The van der Waals surface area contributed by atoms with Gasteiger partial charge in [-0.05, 0) is 57.8 Å². The smallest absolute Gasteiger partial charge is 0.122 e. The molecule has 22 heavy (non-hydrogen) atoms. The van der Waals surface area contributed by atoms with Crippen molar-refractivity contribution in [2.24, 2.45) is 0 Å². The number of hydrogen-bond donors (Lipinski definition) is 1. The first-order valence-corrected chi connectivity index (χ1v) is 7.72. The molecule has 1 unspecified atom stereocenters. The fourth-order valence-corrected chi connectivity index (χ4v) is 2.33. The normalized spacial score (nSPS) is 12.8. The van der Waals surface area contributed by atoms with Crippen LogP contribution in [0.4, 0.5) is 0 Å². The summed E-state index contributed by atoms with van der Waals surface area (Å²) >= 11 is 0. The number of benzene rings is 1. The second-order valence-electron chi connectivity index (χ2n) is 5.94. The molecule has 0 saturated heterocycles. The van der Waals surface area contributed by atoms with E-state index in [9.17, 15) is 0 Å². The van der Waals surface area contributed by atoms with Crippen molar-refractivity contribution in [3.8, 4) is 5.75 Å². The van der Waals surface area contributed by atoms with Gasteiger partial charge in [0.2, 0.25) is 0 Å². The number of rotatable bonds is 8. The van der Waals surface area contributed by atoms with E-state index >= 15 is 0 Å². The molecular weight excluding hydrogens is 276 g/mol. The molecule has 0 bridgehead atoms. The van der Waals surface area contributed by atoms with Crippen LogP contribution in [0.1, 0.15) is 31.2 Å². The van der Waals surface area contributed by atoms with Gasteiger partial charge in [0.05, 0.1) is 18.4 Å². The highest BCUT2D eigenvalue weighted by Gasteiger charge is 2.16. The number of nitrogens with one attached hydrogen (secondary N) is 1. The largest absolute Gasteiger partial charge is 0.491 e. The monoisotopic (exact) mass is 302 g/mol. The van der Waals surface area contributed by atoms with Crippen molar-refractivity contribution in [2.75, 3.05) is 20.6 Å². The van der Waals surface area contributed by atoms with Gasteiger partial charge in [-0.25, -0.2) is 0 Å². The van der Waals surface area contributed by atoms with Crippen LogP contribution < -0.4 is 10.1 Å². The average Bonchev–Trinajstić information content (AvgIpc) is 2.98. The Morgan fingerprint density at radius 3 is 2.41 bits per heavy atom. The van der Waals surface area contributed by atoms with Gasteiger partial charge in [0.15, 0.2) is 0 Å². The van der Waals surface area contributed by atoms with Crippen molar-refractivity contribution in [3.63, 3.8) is 0 Å². The van der Waals surface area contributed by atoms with Crippen LogP contribution in [0.15, 0.2) is 47.1 Å². The average molecular weight is 302 g/mol. The van der Waals surface area contributed by atoms with Crippen molar-refractivity contribution >= 4 is 0 Å². The van der Waals surface area contributed by atoms with Crippen molar-refractivity contribution in [1.82, 2.24) is 10.2 Å². The third-order valence-corrected chi connectivity index (χ3v) is 3.46. The molecule has 0 aliphatic rings. The Hall–Kier alpha value is -1.78. The molecule has 120 valence electrons. The van der Waals surface area contributed by atoms with Crippen LogP contribution in [-0.4, -0.2) is 31.6 Å². The molecule has 0 radical (unpaired) electrons. The standard InChI is InChI=1S/C18H26N2O2/c1-14(2)22-16-9-7-15(8-10-16)12-19-13-17(20(3)4)18-6-5-11-21-18/h5-11,14,17,19H,12-13H2,1-4H3. The fourth-order valence-electron chi connectivity index (χ4n) is 2.33. The van der Waals surface area contributed by atoms with Crippen molar-refractivity contribution in [2.45, 2.75) is 32.5 Å². The molecule has 1 aromatic carbocycles. The maximum atomic E-state index is 5.65. The minimum absolute atomic E-state index is 0.207. The Morgan fingerprint density at radius 1 is 1.14 bits per heavy atom. The molecule has 0 saturated carbocycles. The summed E-state index contributed by atoms with van der Waals surface area (Å²) in [6.07, 6.45) is 1.93. The number of furan rings is 1. The highest BCUT2D eigenvalue weighted by Crippen LogP contribution is 2.18. The molecule has 4 nitrogen and oxygen atoms in total. The van der Waals surface area contributed by atoms with E-state index < -0.39 is 0 Å². The fraction of sp³-hybridized carbons (Fsp3) is 0.444. The molecular formula is C18H26N2O2. The zero-order chi connectivity index (χ0) is 15.9. The predicted molar refractivity (Wildman–Crippen MR) is 89.0 cm³/mol. The van der Waals surface area contributed by atoms with Gasteiger partial charge >= 0.3 is 0 Å². The highest BCUT2D eigenvalue weighted by molar-refractivity contribution is 5.27. The third-order valence-electron chi connectivity index (χ3n) is 3.46. The maximum absolute atomic E-state index is 5.65. The molecule has 1 N–H and O–H groups in total. The molecule has 0 aliphatic carbocycles. The zero-order valence-electron chi connectivity index (χ0n) is 13.9. The van der Waals surface area contributed by atoms with E-state index in [0.717, 1.165) is 24.6 Å². The Kier molecular flexibility index (Phi) is 6.04. The molecule has 1 heterocycles. The van der Waals surface area contributed by atoms with Gasteiger partial charge in [-0.2, -0.15) is 0 Å². The van der Waals surface area contributed by atoms with Crippen LogP contribution in [0, 0.1) is 0 Å². The number of hydrogen-bond acceptors (Lipinski definition) is 4. The quantitative estimate of drug-likeness (QED) is 0.810. The number of nitrogens with zero attached hydrogens (tertiary/aromatic N) is 1. The second-order valence-corrected chi connectivity index (χ2v) is 5.94. The van der Waals surface area contributed by atoms with E-state index in [2.05, 4.69) is 36.4 Å². The van der Waals surface area contributed by atoms with E-state index in [1.807, 2.05) is 38.1 Å². The molecule has 4 heteroatoms. The van der Waals surface area contributed by atoms with Gasteiger partial charge < -0.3 is 14.5 Å². The summed E-state index contributed by atoms with van der Waals surface area (Å²) in [5, 5.41) is 3.49. The van der Waals surface area contributed by atoms with Crippen molar-refractivity contribution in [1.29, 1.82) is 0 Å². The molecule has 1 atom stereocenters. The maximum Gasteiger partial charge on any atom is 0.122 e. The van der Waals surface area contributed by atoms with Gasteiger partial charge in [0.1, 0.15) is 11.5 Å². The Labute approximate surface area is 133 Å². The summed E-state index contributed by atoms with van der Waals surface area (Å²) < 4.78 is 11.2. The number of ether oxygens (including phenoxy) is 1. The van der Waals surface area contributed by atoms with Crippen LogP contribution in [0.2, 0.25) is 0 Å². The second kappa shape index (κ2) is 8.01. The first-order chi connectivity index (χ1) is 10.6. The number of likely N-dealkylation sites (N-methyl/N-ethyl adjacent to an activating group) is 1. The minimum Gasteiger partial charge on any atom is -0.491 e. The van der Waals surface area contributed by atoms with E-state index in [0.29, 0.717) is 0 Å². The molecule has 0 aliphatic heterocycles. The third kappa shape index (κ3) is 4.90. The van der Waals surface area contributed by atoms with E-state index in [4.69, 9.17) is 9.15 Å². The van der Waals surface area contributed by atoms with Crippen LogP contribution in [-0.2, 0) is 6.54 Å². The van der Waals surface area contributed by atoms with Gasteiger partial charge in [0.25, 0.3) is 0 Å². The zero-order valence-corrected chi connectivity index (χ0v) is 13.9. The van der Waals surface area contributed by atoms with Crippen LogP contribution >= 0.6 is 0 Å². The van der Waals surface area contributed by atoms with Crippen LogP contribution in [0.25, 0.3) is 0 Å². The van der Waals surface area contributed by atoms with E-state index in [1.54, 1.807) is 6.26 Å². The highest BCUT2D eigenvalue weighted by atomic mass is 16.5. The SMILES string of the molecule is CC(C)Oc1ccc(CNCC(c2ccco2)N(C)C)cc1. The first kappa shape index (κ1) is 16.6. The summed E-state index contributed by atoms with van der Waals surface area (Å²) in [6.45, 7) is 5.73. The summed E-state index contributed by atoms with van der Waals surface area (Å²) in [7, 11) is 4.12. The summed E-state index contributed by atoms with van der Waals surface area (Å²) in [5.74, 6) is 1.90. The first-order valence-electron chi connectivity index (χ1n) is 7.72. The molecule has 0 fully saturated rings. The van der Waals surface area contributed by atoms with Gasteiger partial charge in [-0.3, -0.25) is 4.90 Å². The molecule has 0 spiro atoms. The lowest BCUT2D eigenvalue weighted by Gasteiger charge is -2.22. The Morgan fingerprint density at radius 2 is 1.86 bits per heavy atom. The molecule has 1 aromatic heterocycles. The van der Waals surface area contributed by atoms with E-state index in [1.165, 1.54) is 5.56 Å². The molecule has 2 aromatic rings. The van der Waals surface area contributed by atoms with Crippen LogP contribution in [0.3, 0.4) is 0 Å². The Balaban J connectivity index is 1.84. The van der Waals surface area contributed by atoms with Crippen molar-refractivity contribution in [3.05, 3.63) is 54.0 Å². The minimum atomic E-state index is 0.207. The molecule has 0 amide bonds. The van der Waals surface area contributed by atoms with Gasteiger partial charge in [-0.15, -0.1) is 0 Å². The van der Waals surface area contributed by atoms with Crippen LogP contribution in [0.5, 0.6) is 5.75 Å². The topological polar surface area (TPSA) is 37.6 Å². The van der Waals surface area contributed by atoms with Gasteiger partial charge in [0, 0.05) is 13.1 Å². The van der Waals surface area contributed by atoms with Crippen molar-refractivity contribution < 1.29 is 9.15 Å². The lowest BCUT2D eigenvalue weighted by atomic mass is 10.2. The summed E-state index contributed by atoms with van der Waals surface area (Å²) in [5.41, 5.74) is 1.24. The Bertz CT molecular complexity index is 533.